The molecule has 0 bridgehead atoms. The van der Waals surface area contributed by atoms with Crippen LogP contribution in [0.3, 0.4) is 0 Å². The number of amides is 1. The minimum absolute atomic E-state index is 0.0913. The first-order chi connectivity index (χ1) is 8.84. The van der Waals surface area contributed by atoms with Gasteiger partial charge in [-0.3, -0.25) is 4.79 Å². The van der Waals surface area contributed by atoms with Crippen molar-refractivity contribution in [1.29, 1.82) is 0 Å². The van der Waals surface area contributed by atoms with E-state index in [0.717, 1.165) is 16.6 Å². The standard InChI is InChI=1S/C15H12N2O/c18-15(17-11-5-2-1-3-6-11)13-7-4-8-14-12(13)9-10-16-14/h1-10,16H,(H,17,18). The molecular weight excluding hydrogens is 224 g/mol. The molecule has 0 aliphatic heterocycles. The van der Waals surface area contributed by atoms with E-state index in [9.17, 15) is 4.79 Å². The minimum atomic E-state index is -0.0913. The molecule has 3 nitrogen and oxygen atoms in total. The molecule has 0 unspecified atom stereocenters. The molecule has 88 valence electrons. The first-order valence-corrected chi connectivity index (χ1v) is 5.77. The Morgan fingerprint density at radius 1 is 0.944 bits per heavy atom. The summed E-state index contributed by atoms with van der Waals surface area (Å²) in [6.07, 6.45) is 1.84. The van der Waals surface area contributed by atoms with Gasteiger partial charge in [0.25, 0.3) is 5.91 Å². The van der Waals surface area contributed by atoms with Crippen molar-refractivity contribution < 1.29 is 4.79 Å². The van der Waals surface area contributed by atoms with Crippen LogP contribution in [0.15, 0.2) is 60.8 Å². The molecule has 0 fully saturated rings. The molecule has 3 heteroatoms. The minimum Gasteiger partial charge on any atom is -0.361 e. The van der Waals surface area contributed by atoms with Gasteiger partial charge in [0.05, 0.1) is 0 Å². The second-order valence-electron chi connectivity index (χ2n) is 4.06. The van der Waals surface area contributed by atoms with Crippen molar-refractivity contribution in [2.45, 2.75) is 0 Å². The van der Waals surface area contributed by atoms with Crippen molar-refractivity contribution in [3.05, 3.63) is 66.4 Å². The lowest BCUT2D eigenvalue weighted by atomic mass is 10.1. The average Bonchev–Trinajstić information content (AvgIpc) is 2.87. The number of hydrogen-bond acceptors (Lipinski definition) is 1. The van der Waals surface area contributed by atoms with Gasteiger partial charge in [-0.15, -0.1) is 0 Å². The Morgan fingerprint density at radius 2 is 1.78 bits per heavy atom. The van der Waals surface area contributed by atoms with Crippen LogP contribution >= 0.6 is 0 Å². The van der Waals surface area contributed by atoms with Gasteiger partial charge >= 0.3 is 0 Å². The number of carbonyl (C=O) groups is 1. The predicted molar refractivity (Wildman–Crippen MR) is 72.7 cm³/mol. The molecule has 3 rings (SSSR count). The maximum Gasteiger partial charge on any atom is 0.256 e. The maximum atomic E-state index is 12.2. The number of para-hydroxylation sites is 1. The van der Waals surface area contributed by atoms with E-state index in [2.05, 4.69) is 10.3 Å². The summed E-state index contributed by atoms with van der Waals surface area (Å²) in [7, 11) is 0. The smallest absolute Gasteiger partial charge is 0.256 e. The molecule has 0 aliphatic rings. The van der Waals surface area contributed by atoms with Crippen LogP contribution in [0.5, 0.6) is 0 Å². The number of hydrogen-bond donors (Lipinski definition) is 2. The number of H-pyrrole nitrogens is 1. The van der Waals surface area contributed by atoms with Crippen LogP contribution in [-0.4, -0.2) is 10.9 Å². The number of aromatic amines is 1. The molecule has 1 amide bonds. The highest BCUT2D eigenvalue weighted by atomic mass is 16.1. The number of aromatic nitrogens is 1. The van der Waals surface area contributed by atoms with E-state index in [1.54, 1.807) is 0 Å². The Hall–Kier alpha value is -2.55. The molecule has 0 atom stereocenters. The number of fused-ring (bicyclic) bond motifs is 1. The van der Waals surface area contributed by atoms with Crippen molar-refractivity contribution in [3.63, 3.8) is 0 Å². The second-order valence-corrected chi connectivity index (χ2v) is 4.06. The van der Waals surface area contributed by atoms with Crippen molar-refractivity contribution in [1.82, 2.24) is 4.98 Å². The van der Waals surface area contributed by atoms with Crippen LogP contribution in [-0.2, 0) is 0 Å². The summed E-state index contributed by atoms with van der Waals surface area (Å²) in [5.74, 6) is -0.0913. The second kappa shape index (κ2) is 4.37. The van der Waals surface area contributed by atoms with Gasteiger partial charge < -0.3 is 10.3 Å². The molecule has 18 heavy (non-hydrogen) atoms. The predicted octanol–water partition coefficient (Wildman–Crippen LogP) is 3.42. The highest BCUT2D eigenvalue weighted by Crippen LogP contribution is 2.18. The SMILES string of the molecule is O=C(Nc1ccccc1)c1cccc2[nH]ccc12. The zero-order valence-electron chi connectivity index (χ0n) is 9.68. The number of benzene rings is 2. The summed E-state index contributed by atoms with van der Waals surface area (Å²) in [6.45, 7) is 0. The van der Waals surface area contributed by atoms with Gasteiger partial charge in [-0.05, 0) is 30.3 Å². The third-order valence-corrected chi connectivity index (χ3v) is 2.87. The number of anilines is 1. The number of carbonyl (C=O) groups excluding carboxylic acids is 1. The molecule has 0 aliphatic carbocycles. The summed E-state index contributed by atoms with van der Waals surface area (Å²) in [6, 6.07) is 17.0. The van der Waals surface area contributed by atoms with Crippen LogP contribution in [0.25, 0.3) is 10.9 Å². The number of rotatable bonds is 2. The van der Waals surface area contributed by atoms with Crippen LogP contribution in [0.2, 0.25) is 0 Å². The molecule has 3 aromatic rings. The lowest BCUT2D eigenvalue weighted by molar-refractivity contribution is 0.102. The third kappa shape index (κ3) is 1.86. The molecule has 0 saturated carbocycles. The van der Waals surface area contributed by atoms with Gasteiger partial charge in [-0.25, -0.2) is 0 Å². The van der Waals surface area contributed by atoms with Gasteiger partial charge in [-0.2, -0.15) is 0 Å². The number of nitrogens with one attached hydrogen (secondary N) is 2. The molecule has 0 spiro atoms. The highest BCUT2D eigenvalue weighted by Gasteiger charge is 2.10. The summed E-state index contributed by atoms with van der Waals surface area (Å²) >= 11 is 0. The van der Waals surface area contributed by atoms with Gasteiger partial charge in [0.1, 0.15) is 0 Å². The lowest BCUT2D eigenvalue weighted by Gasteiger charge is -2.05. The van der Waals surface area contributed by atoms with Gasteiger partial charge in [-0.1, -0.05) is 24.3 Å². The highest BCUT2D eigenvalue weighted by molar-refractivity contribution is 6.12. The maximum absolute atomic E-state index is 12.2. The fourth-order valence-corrected chi connectivity index (χ4v) is 2.00. The lowest BCUT2D eigenvalue weighted by Crippen LogP contribution is -2.11. The Balaban J connectivity index is 1.95. The Morgan fingerprint density at radius 3 is 2.61 bits per heavy atom. The van der Waals surface area contributed by atoms with E-state index in [1.165, 1.54) is 0 Å². The summed E-state index contributed by atoms with van der Waals surface area (Å²) < 4.78 is 0. The Kier molecular flexibility index (Phi) is 2.57. The van der Waals surface area contributed by atoms with Crippen molar-refractivity contribution in [2.24, 2.45) is 0 Å². The quantitative estimate of drug-likeness (QED) is 0.703. The van der Waals surface area contributed by atoms with Crippen LogP contribution in [0.1, 0.15) is 10.4 Å². The monoisotopic (exact) mass is 236 g/mol. The molecule has 2 N–H and O–H groups in total. The van der Waals surface area contributed by atoms with E-state index in [4.69, 9.17) is 0 Å². The van der Waals surface area contributed by atoms with E-state index < -0.39 is 0 Å². The Labute approximate surface area is 104 Å². The average molecular weight is 236 g/mol. The Bertz CT molecular complexity index is 686. The van der Waals surface area contributed by atoms with Gasteiger partial charge in [0.15, 0.2) is 0 Å². The molecule has 0 radical (unpaired) electrons. The first kappa shape index (κ1) is 10.6. The molecule has 1 aromatic heterocycles. The topological polar surface area (TPSA) is 44.9 Å². The zero-order valence-corrected chi connectivity index (χ0v) is 9.68. The third-order valence-electron chi connectivity index (χ3n) is 2.87. The van der Waals surface area contributed by atoms with E-state index in [0.29, 0.717) is 5.56 Å². The van der Waals surface area contributed by atoms with Crippen molar-refractivity contribution >= 4 is 22.5 Å². The molecule has 2 aromatic carbocycles. The largest absolute Gasteiger partial charge is 0.361 e. The molecule has 1 heterocycles. The fourth-order valence-electron chi connectivity index (χ4n) is 2.00. The van der Waals surface area contributed by atoms with E-state index in [1.807, 2.05) is 60.8 Å². The fraction of sp³-hybridized carbons (Fsp3) is 0. The van der Waals surface area contributed by atoms with Crippen LogP contribution in [0.4, 0.5) is 5.69 Å². The van der Waals surface area contributed by atoms with E-state index >= 15 is 0 Å². The van der Waals surface area contributed by atoms with E-state index in [-0.39, 0.29) is 5.91 Å². The van der Waals surface area contributed by atoms with Gasteiger partial charge in [0, 0.05) is 28.4 Å². The first-order valence-electron chi connectivity index (χ1n) is 5.77. The normalized spacial score (nSPS) is 10.4. The van der Waals surface area contributed by atoms with Crippen LogP contribution in [0, 0.1) is 0 Å². The molecular formula is C15H12N2O. The molecule has 0 saturated heterocycles. The van der Waals surface area contributed by atoms with Crippen molar-refractivity contribution in [3.8, 4) is 0 Å². The van der Waals surface area contributed by atoms with Gasteiger partial charge in [0.2, 0.25) is 0 Å². The summed E-state index contributed by atoms with van der Waals surface area (Å²) in [5, 5.41) is 3.82. The summed E-state index contributed by atoms with van der Waals surface area (Å²) in [4.78, 5) is 15.3. The van der Waals surface area contributed by atoms with Crippen LogP contribution < -0.4 is 5.32 Å². The van der Waals surface area contributed by atoms with Crippen molar-refractivity contribution in [2.75, 3.05) is 5.32 Å². The summed E-state index contributed by atoms with van der Waals surface area (Å²) in [5.41, 5.74) is 2.45. The zero-order chi connectivity index (χ0) is 12.4.